The van der Waals surface area contributed by atoms with Crippen LogP contribution in [0.1, 0.15) is 30.8 Å². The van der Waals surface area contributed by atoms with E-state index >= 15 is 0 Å². The van der Waals surface area contributed by atoms with Gasteiger partial charge >= 0.3 is 0 Å². The number of rotatable bonds is 4. The smallest absolute Gasteiger partial charge is 0.258 e. The molecule has 0 aromatic carbocycles. The van der Waals surface area contributed by atoms with E-state index < -0.39 is 0 Å². The molecule has 0 saturated heterocycles. The van der Waals surface area contributed by atoms with Crippen molar-refractivity contribution in [3.63, 3.8) is 0 Å². The molecular formula is C12H14N6OS. The van der Waals surface area contributed by atoms with Gasteiger partial charge in [-0.3, -0.25) is 9.20 Å². The summed E-state index contributed by atoms with van der Waals surface area (Å²) in [6.07, 6.45) is 4.32. The molecule has 7 nitrogen and oxygen atoms in total. The maximum atomic E-state index is 11.9. The summed E-state index contributed by atoms with van der Waals surface area (Å²) in [7, 11) is 0. The molecule has 0 amide bonds. The average molecular weight is 290 g/mol. The van der Waals surface area contributed by atoms with Crippen molar-refractivity contribution in [2.45, 2.75) is 25.9 Å². The fraction of sp³-hybridized carbons (Fsp3) is 0.333. The highest BCUT2D eigenvalue weighted by Crippen LogP contribution is 2.10. The van der Waals surface area contributed by atoms with Gasteiger partial charge in [0.05, 0.1) is 30.2 Å². The van der Waals surface area contributed by atoms with Gasteiger partial charge in [-0.05, 0) is 6.42 Å². The van der Waals surface area contributed by atoms with Crippen molar-refractivity contribution in [1.29, 1.82) is 0 Å². The number of hydrogen-bond donors (Lipinski definition) is 1. The number of hydrogen-bond acceptors (Lipinski definition) is 6. The molecule has 1 atom stereocenters. The number of nitrogens with two attached hydrogens (primary N) is 1. The Kier molecular flexibility index (Phi) is 3.33. The molecule has 0 aliphatic heterocycles. The molecule has 8 heteroatoms. The second-order valence-corrected chi connectivity index (χ2v) is 5.37. The van der Waals surface area contributed by atoms with E-state index in [1.807, 2.05) is 12.3 Å². The number of aromatic nitrogens is 5. The number of nitrogens with zero attached hydrogens (tertiary/aromatic N) is 5. The van der Waals surface area contributed by atoms with E-state index in [1.165, 1.54) is 21.8 Å². The zero-order valence-corrected chi connectivity index (χ0v) is 11.7. The Morgan fingerprint density at radius 2 is 2.35 bits per heavy atom. The maximum Gasteiger partial charge on any atom is 0.258 e. The van der Waals surface area contributed by atoms with Crippen molar-refractivity contribution >= 4 is 16.3 Å². The lowest BCUT2D eigenvalue weighted by Crippen LogP contribution is -2.15. The van der Waals surface area contributed by atoms with Gasteiger partial charge in [0.25, 0.3) is 5.56 Å². The first-order valence-corrected chi connectivity index (χ1v) is 7.16. The van der Waals surface area contributed by atoms with E-state index in [0.29, 0.717) is 17.2 Å². The Bertz CT molecular complexity index is 788. The van der Waals surface area contributed by atoms with Crippen LogP contribution in [0.5, 0.6) is 0 Å². The molecule has 0 aliphatic rings. The molecule has 3 heterocycles. The third-order valence-corrected chi connectivity index (χ3v) is 3.81. The van der Waals surface area contributed by atoms with Crippen molar-refractivity contribution in [3.05, 3.63) is 45.6 Å². The summed E-state index contributed by atoms with van der Waals surface area (Å²) < 4.78 is 3.17. The van der Waals surface area contributed by atoms with Crippen molar-refractivity contribution < 1.29 is 0 Å². The van der Waals surface area contributed by atoms with Crippen LogP contribution in [-0.2, 0) is 6.54 Å². The molecule has 0 bridgehead atoms. The van der Waals surface area contributed by atoms with E-state index in [4.69, 9.17) is 5.73 Å². The van der Waals surface area contributed by atoms with Crippen LogP contribution in [-0.4, -0.2) is 24.4 Å². The van der Waals surface area contributed by atoms with Crippen molar-refractivity contribution in [3.8, 4) is 0 Å². The highest BCUT2D eigenvalue weighted by atomic mass is 32.1. The summed E-state index contributed by atoms with van der Waals surface area (Å²) in [6.45, 7) is 2.41. The lowest BCUT2D eigenvalue weighted by Gasteiger charge is -2.02. The number of thiazole rings is 1. The molecule has 3 aromatic rings. The van der Waals surface area contributed by atoms with Crippen LogP contribution in [0.3, 0.4) is 0 Å². The zero-order valence-electron chi connectivity index (χ0n) is 10.9. The summed E-state index contributed by atoms with van der Waals surface area (Å²) >= 11 is 1.43. The Hall–Kier alpha value is -2.06. The monoisotopic (exact) mass is 290 g/mol. The lowest BCUT2D eigenvalue weighted by atomic mass is 10.2. The molecule has 2 N–H and O–H groups in total. The summed E-state index contributed by atoms with van der Waals surface area (Å²) in [5.41, 5.74) is 7.23. The summed E-state index contributed by atoms with van der Waals surface area (Å²) in [5, 5.41) is 9.89. The molecule has 3 aromatic heterocycles. The molecule has 0 saturated carbocycles. The van der Waals surface area contributed by atoms with Gasteiger partial charge in [0.2, 0.25) is 0 Å². The van der Waals surface area contributed by atoms with Crippen LogP contribution >= 0.6 is 11.3 Å². The minimum Gasteiger partial charge on any atom is -0.323 e. The van der Waals surface area contributed by atoms with Crippen molar-refractivity contribution in [1.82, 2.24) is 24.4 Å². The standard InChI is InChI=1S/C12H14N6OS/c1-2-9(13)10-7-17(16-15-10)6-8-5-11(19)18-3-4-20-12(18)14-8/h3-5,7,9H,2,6,13H2,1H3. The Morgan fingerprint density at radius 3 is 3.15 bits per heavy atom. The summed E-state index contributed by atoms with van der Waals surface area (Å²) in [5.74, 6) is 0. The third-order valence-electron chi connectivity index (χ3n) is 3.06. The van der Waals surface area contributed by atoms with Gasteiger partial charge in [-0.1, -0.05) is 12.1 Å². The fourth-order valence-corrected chi connectivity index (χ4v) is 2.64. The normalized spacial score (nSPS) is 12.9. The largest absolute Gasteiger partial charge is 0.323 e. The minimum absolute atomic E-state index is 0.0863. The van der Waals surface area contributed by atoms with Crippen LogP contribution in [0.15, 0.2) is 28.6 Å². The molecule has 20 heavy (non-hydrogen) atoms. The molecule has 1 unspecified atom stereocenters. The van der Waals surface area contributed by atoms with Gasteiger partial charge in [-0.2, -0.15) is 0 Å². The van der Waals surface area contributed by atoms with E-state index in [1.54, 1.807) is 17.1 Å². The molecule has 0 aliphatic carbocycles. The van der Waals surface area contributed by atoms with E-state index in [-0.39, 0.29) is 11.6 Å². The molecule has 3 rings (SSSR count). The first-order valence-electron chi connectivity index (χ1n) is 6.28. The minimum atomic E-state index is -0.109. The maximum absolute atomic E-state index is 11.9. The van der Waals surface area contributed by atoms with Crippen LogP contribution < -0.4 is 11.3 Å². The fourth-order valence-electron chi connectivity index (χ4n) is 1.90. The molecule has 0 radical (unpaired) electrons. The first-order chi connectivity index (χ1) is 9.67. The van der Waals surface area contributed by atoms with Crippen molar-refractivity contribution in [2.24, 2.45) is 5.73 Å². The number of fused-ring (bicyclic) bond motifs is 1. The van der Waals surface area contributed by atoms with Crippen LogP contribution in [0.2, 0.25) is 0 Å². The highest BCUT2D eigenvalue weighted by Gasteiger charge is 2.10. The van der Waals surface area contributed by atoms with Crippen LogP contribution in [0.25, 0.3) is 4.96 Å². The second-order valence-electron chi connectivity index (χ2n) is 4.50. The van der Waals surface area contributed by atoms with Gasteiger partial charge in [-0.15, -0.1) is 16.4 Å². The summed E-state index contributed by atoms with van der Waals surface area (Å²) in [4.78, 5) is 17.0. The molecule has 0 spiro atoms. The lowest BCUT2D eigenvalue weighted by molar-refractivity contribution is 0.635. The van der Waals surface area contributed by atoms with E-state index in [2.05, 4.69) is 15.3 Å². The molecular weight excluding hydrogens is 276 g/mol. The van der Waals surface area contributed by atoms with Gasteiger partial charge < -0.3 is 5.73 Å². The second kappa shape index (κ2) is 5.14. The predicted octanol–water partition coefficient (Wildman–Crippen LogP) is 0.806. The van der Waals surface area contributed by atoms with Crippen LogP contribution in [0.4, 0.5) is 0 Å². The zero-order chi connectivity index (χ0) is 14.1. The highest BCUT2D eigenvalue weighted by molar-refractivity contribution is 7.15. The SMILES string of the molecule is CCC(N)c1cn(Cc2cc(=O)n3ccsc3n2)nn1. The first kappa shape index (κ1) is 12.9. The topological polar surface area (TPSA) is 91.1 Å². The predicted molar refractivity (Wildman–Crippen MR) is 75.7 cm³/mol. The van der Waals surface area contributed by atoms with Gasteiger partial charge in [0.15, 0.2) is 4.96 Å². The summed E-state index contributed by atoms with van der Waals surface area (Å²) in [6, 6.07) is 1.41. The van der Waals surface area contributed by atoms with Gasteiger partial charge in [0, 0.05) is 17.6 Å². The average Bonchev–Trinajstić information content (AvgIpc) is 3.07. The van der Waals surface area contributed by atoms with E-state index in [0.717, 1.165) is 12.1 Å². The third kappa shape index (κ3) is 2.35. The Morgan fingerprint density at radius 1 is 1.50 bits per heavy atom. The Balaban J connectivity index is 1.89. The molecule has 0 fully saturated rings. The Labute approximate surface area is 118 Å². The molecule has 104 valence electrons. The van der Waals surface area contributed by atoms with Gasteiger partial charge in [0.1, 0.15) is 0 Å². The van der Waals surface area contributed by atoms with Gasteiger partial charge in [-0.25, -0.2) is 9.67 Å². The van der Waals surface area contributed by atoms with Crippen LogP contribution in [0, 0.1) is 0 Å². The quantitative estimate of drug-likeness (QED) is 0.767. The van der Waals surface area contributed by atoms with E-state index in [9.17, 15) is 4.79 Å². The van der Waals surface area contributed by atoms with Crippen molar-refractivity contribution in [2.75, 3.05) is 0 Å².